The van der Waals surface area contributed by atoms with Crippen LogP contribution in [0.1, 0.15) is 35.0 Å². The van der Waals surface area contributed by atoms with E-state index >= 15 is 0 Å². The summed E-state index contributed by atoms with van der Waals surface area (Å²) in [6, 6.07) is 8.15. The molecule has 1 fully saturated rings. The van der Waals surface area contributed by atoms with Crippen LogP contribution in [-0.4, -0.2) is 44.3 Å². The Bertz CT molecular complexity index is 1140. The molecular formula is C21H23N3O5S3. The molecule has 1 aromatic heterocycles. The van der Waals surface area contributed by atoms with E-state index in [2.05, 4.69) is 5.32 Å². The number of piperidine rings is 1. The van der Waals surface area contributed by atoms with Gasteiger partial charge in [0.05, 0.1) is 22.3 Å². The molecule has 0 spiro atoms. The summed E-state index contributed by atoms with van der Waals surface area (Å²) in [6.07, 6.45) is 1.10. The lowest BCUT2D eigenvalue weighted by Crippen LogP contribution is -2.43. The molecular weight excluding hydrogens is 470 g/mol. The first-order valence-electron chi connectivity index (χ1n) is 10.0. The molecule has 0 bridgehead atoms. The zero-order valence-electron chi connectivity index (χ0n) is 17.7. The van der Waals surface area contributed by atoms with E-state index in [1.807, 2.05) is 5.40 Å². The number of rotatable bonds is 7. The summed E-state index contributed by atoms with van der Waals surface area (Å²) in [6.45, 7) is 4.03. The maximum atomic E-state index is 13.0. The fourth-order valence-corrected chi connectivity index (χ4v) is 6.82. The van der Waals surface area contributed by atoms with E-state index in [4.69, 9.17) is 10.00 Å². The van der Waals surface area contributed by atoms with Crippen molar-refractivity contribution in [3.8, 4) is 5.40 Å². The van der Waals surface area contributed by atoms with Gasteiger partial charge in [-0.05, 0) is 56.1 Å². The first-order chi connectivity index (χ1) is 15.3. The molecule has 32 heavy (non-hydrogen) atoms. The van der Waals surface area contributed by atoms with Crippen LogP contribution in [-0.2, 0) is 19.6 Å². The van der Waals surface area contributed by atoms with Gasteiger partial charge in [0, 0.05) is 13.1 Å². The van der Waals surface area contributed by atoms with Crippen LogP contribution in [0, 0.1) is 23.5 Å². The Balaban J connectivity index is 1.79. The normalized spacial score (nSPS) is 16.8. The molecule has 170 valence electrons. The van der Waals surface area contributed by atoms with E-state index in [0.717, 1.165) is 23.1 Å². The highest BCUT2D eigenvalue weighted by atomic mass is 32.2. The van der Waals surface area contributed by atoms with Crippen LogP contribution >= 0.6 is 23.1 Å². The molecule has 8 nitrogen and oxygen atoms in total. The molecule has 1 amide bonds. The van der Waals surface area contributed by atoms with Gasteiger partial charge in [-0.2, -0.15) is 9.57 Å². The summed E-state index contributed by atoms with van der Waals surface area (Å²) >= 11 is 1.92. The summed E-state index contributed by atoms with van der Waals surface area (Å²) in [5.41, 5.74) is 0.576. The zero-order valence-corrected chi connectivity index (χ0v) is 20.1. The molecule has 1 unspecified atom stereocenters. The predicted molar refractivity (Wildman–Crippen MR) is 123 cm³/mol. The van der Waals surface area contributed by atoms with Gasteiger partial charge in [0.2, 0.25) is 15.9 Å². The van der Waals surface area contributed by atoms with E-state index in [0.29, 0.717) is 39.7 Å². The van der Waals surface area contributed by atoms with Gasteiger partial charge >= 0.3 is 5.97 Å². The number of thiocyanates is 1. The molecule has 1 N–H and O–H groups in total. The molecule has 1 aliphatic rings. The van der Waals surface area contributed by atoms with Crippen molar-refractivity contribution in [2.45, 2.75) is 36.5 Å². The SMILES string of the molecule is CCOC(=O)c1sc(NC(=O)C2CCCN(S(=O)(=O)c3ccccc3)C2)c(SC#N)c1C. The number of nitrogens with zero attached hydrogens (tertiary/aromatic N) is 2. The number of carbonyl (C=O) groups excluding carboxylic acids is 2. The van der Waals surface area contributed by atoms with Crippen LogP contribution in [0.5, 0.6) is 0 Å². The molecule has 1 aromatic carbocycles. The van der Waals surface area contributed by atoms with Crippen molar-refractivity contribution in [1.82, 2.24) is 4.31 Å². The van der Waals surface area contributed by atoms with Gasteiger partial charge in [0.1, 0.15) is 15.3 Å². The Labute approximate surface area is 195 Å². The first-order valence-corrected chi connectivity index (χ1v) is 13.1. The van der Waals surface area contributed by atoms with Crippen molar-refractivity contribution in [2.75, 3.05) is 25.0 Å². The average molecular weight is 494 g/mol. The number of thioether (sulfide) groups is 1. The van der Waals surface area contributed by atoms with E-state index in [1.165, 1.54) is 16.4 Å². The zero-order chi connectivity index (χ0) is 23.3. The van der Waals surface area contributed by atoms with E-state index in [-0.39, 0.29) is 24.0 Å². The highest BCUT2D eigenvalue weighted by Gasteiger charge is 2.34. The van der Waals surface area contributed by atoms with Crippen LogP contribution < -0.4 is 5.32 Å². The summed E-state index contributed by atoms with van der Waals surface area (Å²) < 4.78 is 32.3. The Morgan fingerprint density at radius 2 is 2.06 bits per heavy atom. The maximum absolute atomic E-state index is 13.0. The third-order valence-electron chi connectivity index (χ3n) is 5.07. The fraction of sp³-hybridized carbons (Fsp3) is 0.381. The number of hydrogen-bond donors (Lipinski definition) is 1. The summed E-state index contributed by atoms with van der Waals surface area (Å²) in [7, 11) is -3.69. The minimum absolute atomic E-state index is 0.0683. The highest BCUT2D eigenvalue weighted by molar-refractivity contribution is 8.04. The van der Waals surface area contributed by atoms with Crippen molar-refractivity contribution in [2.24, 2.45) is 5.92 Å². The third kappa shape index (κ3) is 5.15. The van der Waals surface area contributed by atoms with Gasteiger partial charge in [-0.15, -0.1) is 11.3 Å². The molecule has 1 aliphatic heterocycles. The number of carbonyl (C=O) groups is 2. The topological polar surface area (TPSA) is 117 Å². The first kappa shape index (κ1) is 24.3. The molecule has 1 atom stereocenters. The molecule has 0 aliphatic carbocycles. The second-order valence-electron chi connectivity index (χ2n) is 7.13. The van der Waals surface area contributed by atoms with Gasteiger partial charge in [-0.3, -0.25) is 4.79 Å². The van der Waals surface area contributed by atoms with Crippen LogP contribution in [0.3, 0.4) is 0 Å². The van der Waals surface area contributed by atoms with Gasteiger partial charge < -0.3 is 10.1 Å². The number of thiophene rings is 1. The predicted octanol–water partition coefficient (Wildman–Crippen LogP) is 3.85. The lowest BCUT2D eigenvalue weighted by Gasteiger charge is -2.31. The Morgan fingerprint density at radius 3 is 2.72 bits per heavy atom. The van der Waals surface area contributed by atoms with Crippen LogP contribution in [0.15, 0.2) is 40.1 Å². The van der Waals surface area contributed by atoms with Crippen molar-refractivity contribution in [1.29, 1.82) is 5.26 Å². The third-order valence-corrected chi connectivity index (χ3v) is 9.07. The molecule has 3 rings (SSSR count). The number of nitrogens with one attached hydrogen (secondary N) is 1. The van der Waals surface area contributed by atoms with E-state index in [9.17, 15) is 18.0 Å². The van der Waals surface area contributed by atoms with Crippen molar-refractivity contribution < 1.29 is 22.7 Å². The lowest BCUT2D eigenvalue weighted by molar-refractivity contribution is -0.120. The van der Waals surface area contributed by atoms with Crippen molar-refractivity contribution in [3.05, 3.63) is 40.8 Å². The van der Waals surface area contributed by atoms with Crippen LogP contribution in [0.4, 0.5) is 5.00 Å². The van der Waals surface area contributed by atoms with Gasteiger partial charge in [-0.1, -0.05) is 18.2 Å². The van der Waals surface area contributed by atoms with E-state index in [1.54, 1.807) is 32.0 Å². The second-order valence-corrected chi connectivity index (χ2v) is 10.9. The quantitative estimate of drug-likeness (QED) is 0.354. The van der Waals surface area contributed by atoms with Gasteiger partial charge in [0.25, 0.3) is 0 Å². The number of sulfonamides is 1. The molecule has 2 heterocycles. The van der Waals surface area contributed by atoms with Crippen LogP contribution in [0.2, 0.25) is 0 Å². The van der Waals surface area contributed by atoms with Crippen LogP contribution in [0.25, 0.3) is 0 Å². The Kier molecular flexibility index (Phi) is 7.95. The summed E-state index contributed by atoms with van der Waals surface area (Å²) in [5.74, 6) is -1.39. The highest BCUT2D eigenvalue weighted by Crippen LogP contribution is 2.40. The average Bonchev–Trinajstić information content (AvgIpc) is 3.10. The molecule has 11 heteroatoms. The van der Waals surface area contributed by atoms with Gasteiger partial charge in [0.15, 0.2) is 0 Å². The number of amides is 1. The van der Waals surface area contributed by atoms with Gasteiger partial charge in [-0.25, -0.2) is 13.2 Å². The minimum Gasteiger partial charge on any atom is -0.462 e. The Morgan fingerprint density at radius 1 is 1.34 bits per heavy atom. The standard InChI is InChI=1S/C21H23N3O5S3/c1-3-29-21(26)18-14(2)17(30-13-22)20(31-18)23-19(25)15-8-7-11-24(12-15)32(27,28)16-9-5-4-6-10-16/h4-6,9-10,15H,3,7-8,11-12H2,1-2H3,(H,23,25). The molecule has 0 radical (unpaired) electrons. The number of esters is 1. The van der Waals surface area contributed by atoms with Crippen molar-refractivity contribution >= 4 is 50.0 Å². The molecule has 1 saturated heterocycles. The maximum Gasteiger partial charge on any atom is 0.348 e. The van der Waals surface area contributed by atoms with Crippen molar-refractivity contribution in [3.63, 3.8) is 0 Å². The fourth-order valence-electron chi connectivity index (χ4n) is 3.47. The Hall–Kier alpha value is -2.39. The second kappa shape index (κ2) is 10.5. The number of hydrogen-bond acceptors (Lipinski definition) is 8. The molecule has 2 aromatic rings. The number of nitriles is 1. The minimum atomic E-state index is -3.69. The summed E-state index contributed by atoms with van der Waals surface area (Å²) in [4.78, 5) is 26.3. The van der Waals surface area contributed by atoms with E-state index < -0.39 is 21.9 Å². The molecule has 0 saturated carbocycles. The monoisotopic (exact) mass is 493 g/mol. The number of benzene rings is 1. The number of ether oxygens (including phenoxy) is 1. The summed E-state index contributed by atoms with van der Waals surface area (Å²) in [5, 5.41) is 14.3. The smallest absolute Gasteiger partial charge is 0.348 e. The largest absolute Gasteiger partial charge is 0.462 e. The lowest BCUT2D eigenvalue weighted by atomic mass is 9.99. The number of anilines is 1.